The predicted molar refractivity (Wildman–Crippen MR) is 201 cm³/mol. The Hall–Kier alpha value is -1.07. The first-order chi connectivity index (χ1) is 24.4. The summed E-state index contributed by atoms with van der Waals surface area (Å²) in [6.07, 6.45) is 28.1. The standard InChI is InChI=1S/C41H78O9/c1-3-5-7-9-11-13-14-15-16-17-18-19-20-21-23-25-27-29-31-47-33-35(34-48-41-40(46)39(45)38(44)36(32-42)50-41)49-37(43)30-28-26-24-22-12-10-8-6-4-2/h15-16,35-36,38-42,44-46H,3-14,17-34H2,1-2H3/b16-15-. The number of unbranched alkanes of at least 4 members (excludes halogenated alkanes) is 22. The van der Waals surface area contributed by atoms with E-state index in [9.17, 15) is 25.2 Å². The van der Waals surface area contributed by atoms with Crippen molar-refractivity contribution in [3.8, 4) is 0 Å². The Morgan fingerprint density at radius 3 is 1.62 bits per heavy atom. The molecule has 1 saturated heterocycles. The van der Waals surface area contributed by atoms with Crippen molar-refractivity contribution in [1.29, 1.82) is 0 Å². The highest BCUT2D eigenvalue weighted by Crippen LogP contribution is 2.22. The van der Waals surface area contributed by atoms with Crippen LogP contribution in [0.15, 0.2) is 12.2 Å². The lowest BCUT2D eigenvalue weighted by atomic mass is 9.99. The quantitative estimate of drug-likeness (QED) is 0.0290. The van der Waals surface area contributed by atoms with E-state index in [1.54, 1.807) is 0 Å². The highest BCUT2D eigenvalue weighted by Gasteiger charge is 2.44. The zero-order valence-electron chi connectivity index (χ0n) is 32.2. The van der Waals surface area contributed by atoms with Gasteiger partial charge in [-0.05, 0) is 38.5 Å². The molecule has 1 rings (SSSR count). The predicted octanol–water partition coefficient (Wildman–Crippen LogP) is 8.47. The summed E-state index contributed by atoms with van der Waals surface area (Å²) in [4.78, 5) is 12.7. The summed E-state index contributed by atoms with van der Waals surface area (Å²) < 4.78 is 22.7. The second-order valence-corrected chi connectivity index (χ2v) is 14.4. The molecule has 0 saturated carbocycles. The number of ether oxygens (including phenoxy) is 4. The largest absolute Gasteiger partial charge is 0.457 e. The highest BCUT2D eigenvalue weighted by molar-refractivity contribution is 5.69. The number of aliphatic hydroxyl groups excluding tert-OH is 4. The van der Waals surface area contributed by atoms with Crippen LogP contribution in [0.1, 0.15) is 181 Å². The molecule has 0 aromatic heterocycles. The van der Waals surface area contributed by atoms with Crippen LogP contribution in [-0.4, -0.2) is 89.6 Å². The molecule has 1 aliphatic heterocycles. The van der Waals surface area contributed by atoms with E-state index < -0.39 is 43.4 Å². The minimum absolute atomic E-state index is 0.110. The molecular formula is C41H78O9. The number of carbonyl (C=O) groups is 1. The fourth-order valence-corrected chi connectivity index (χ4v) is 6.37. The first kappa shape index (κ1) is 47.0. The number of rotatable bonds is 35. The minimum atomic E-state index is -1.53. The number of esters is 1. The molecule has 0 aliphatic carbocycles. The third-order valence-electron chi connectivity index (χ3n) is 9.68. The molecule has 1 heterocycles. The van der Waals surface area contributed by atoms with Crippen LogP contribution in [0, 0.1) is 0 Å². The van der Waals surface area contributed by atoms with E-state index in [1.165, 1.54) is 128 Å². The number of hydrogen-bond donors (Lipinski definition) is 4. The van der Waals surface area contributed by atoms with E-state index in [1.807, 2.05) is 0 Å². The van der Waals surface area contributed by atoms with Crippen molar-refractivity contribution in [2.24, 2.45) is 0 Å². The molecule has 9 heteroatoms. The molecule has 0 radical (unpaired) electrons. The molecule has 0 amide bonds. The fourth-order valence-electron chi connectivity index (χ4n) is 6.37. The van der Waals surface area contributed by atoms with Crippen LogP contribution < -0.4 is 0 Å². The Morgan fingerprint density at radius 2 is 1.10 bits per heavy atom. The summed E-state index contributed by atoms with van der Waals surface area (Å²) in [6.45, 7) is 4.54. The lowest BCUT2D eigenvalue weighted by molar-refractivity contribution is -0.305. The lowest BCUT2D eigenvalue weighted by Crippen LogP contribution is -2.59. The first-order valence-corrected chi connectivity index (χ1v) is 20.8. The Bertz CT molecular complexity index is 777. The molecule has 6 unspecified atom stereocenters. The maximum absolute atomic E-state index is 12.7. The number of carbonyl (C=O) groups excluding carboxylic acids is 1. The topological polar surface area (TPSA) is 135 Å². The van der Waals surface area contributed by atoms with Gasteiger partial charge in [-0.15, -0.1) is 0 Å². The number of aliphatic hydroxyl groups is 4. The molecule has 1 fully saturated rings. The van der Waals surface area contributed by atoms with Crippen LogP contribution in [-0.2, 0) is 23.7 Å². The molecule has 0 aromatic rings. The molecular weight excluding hydrogens is 636 g/mol. The van der Waals surface area contributed by atoms with Crippen molar-refractivity contribution >= 4 is 5.97 Å². The third-order valence-corrected chi connectivity index (χ3v) is 9.68. The van der Waals surface area contributed by atoms with Crippen molar-refractivity contribution in [1.82, 2.24) is 0 Å². The van der Waals surface area contributed by atoms with Crippen LogP contribution in [0.2, 0.25) is 0 Å². The van der Waals surface area contributed by atoms with E-state index in [-0.39, 0.29) is 19.2 Å². The van der Waals surface area contributed by atoms with Gasteiger partial charge >= 0.3 is 5.97 Å². The van der Waals surface area contributed by atoms with Crippen molar-refractivity contribution in [3.05, 3.63) is 12.2 Å². The van der Waals surface area contributed by atoms with Crippen LogP contribution in [0.25, 0.3) is 0 Å². The van der Waals surface area contributed by atoms with Gasteiger partial charge in [-0.1, -0.05) is 148 Å². The summed E-state index contributed by atoms with van der Waals surface area (Å²) in [6, 6.07) is 0. The highest BCUT2D eigenvalue weighted by atomic mass is 16.7. The van der Waals surface area contributed by atoms with Crippen molar-refractivity contribution in [3.63, 3.8) is 0 Å². The molecule has 50 heavy (non-hydrogen) atoms. The zero-order valence-corrected chi connectivity index (χ0v) is 32.2. The third kappa shape index (κ3) is 25.0. The molecule has 6 atom stereocenters. The number of hydrogen-bond acceptors (Lipinski definition) is 9. The SMILES string of the molecule is CCCCCCCC/C=C\CCCCCCCCCCOCC(COC1OC(CO)C(O)C(O)C1O)OC(=O)CCCCCCCCCCC. The van der Waals surface area contributed by atoms with E-state index in [2.05, 4.69) is 26.0 Å². The lowest BCUT2D eigenvalue weighted by Gasteiger charge is -2.39. The molecule has 9 nitrogen and oxygen atoms in total. The second-order valence-electron chi connectivity index (χ2n) is 14.4. The second kappa shape index (κ2) is 33.7. The van der Waals surface area contributed by atoms with Crippen LogP contribution in [0.5, 0.6) is 0 Å². The van der Waals surface area contributed by atoms with Crippen molar-refractivity contribution in [2.45, 2.75) is 218 Å². The molecule has 0 spiro atoms. The van der Waals surface area contributed by atoms with Crippen molar-refractivity contribution < 1.29 is 44.2 Å². The Kier molecular flexibility index (Phi) is 31.7. The normalized spacial score (nSPS) is 21.6. The van der Waals surface area contributed by atoms with Crippen molar-refractivity contribution in [2.75, 3.05) is 26.4 Å². The summed E-state index contributed by atoms with van der Waals surface area (Å²) in [7, 11) is 0. The molecule has 296 valence electrons. The monoisotopic (exact) mass is 715 g/mol. The summed E-state index contributed by atoms with van der Waals surface area (Å²) in [5, 5.41) is 39.9. The van der Waals surface area contributed by atoms with Crippen LogP contribution in [0.3, 0.4) is 0 Å². The Labute approximate surface area is 305 Å². The van der Waals surface area contributed by atoms with Gasteiger partial charge in [0, 0.05) is 13.0 Å². The van der Waals surface area contributed by atoms with Gasteiger partial charge in [0.1, 0.15) is 30.5 Å². The van der Waals surface area contributed by atoms with Gasteiger partial charge in [0.15, 0.2) is 6.29 Å². The summed E-state index contributed by atoms with van der Waals surface area (Å²) in [5.41, 5.74) is 0. The van der Waals surface area contributed by atoms with E-state index in [0.29, 0.717) is 13.0 Å². The van der Waals surface area contributed by atoms with Gasteiger partial charge < -0.3 is 39.4 Å². The van der Waals surface area contributed by atoms with Gasteiger partial charge in [0.05, 0.1) is 19.8 Å². The summed E-state index contributed by atoms with van der Waals surface area (Å²) in [5.74, 6) is -0.317. The average Bonchev–Trinajstić information content (AvgIpc) is 3.11. The van der Waals surface area contributed by atoms with Gasteiger partial charge in [0.2, 0.25) is 0 Å². The minimum Gasteiger partial charge on any atom is -0.457 e. The average molecular weight is 715 g/mol. The zero-order chi connectivity index (χ0) is 36.5. The van der Waals surface area contributed by atoms with Crippen LogP contribution >= 0.6 is 0 Å². The summed E-state index contributed by atoms with van der Waals surface area (Å²) >= 11 is 0. The van der Waals surface area contributed by atoms with E-state index in [4.69, 9.17) is 18.9 Å². The van der Waals surface area contributed by atoms with Gasteiger partial charge in [-0.3, -0.25) is 4.79 Å². The molecule has 1 aliphatic rings. The molecule has 0 bridgehead atoms. The smallest absolute Gasteiger partial charge is 0.306 e. The Morgan fingerprint density at radius 1 is 0.620 bits per heavy atom. The maximum Gasteiger partial charge on any atom is 0.306 e. The van der Waals surface area contributed by atoms with Gasteiger partial charge in [-0.25, -0.2) is 0 Å². The molecule has 4 N–H and O–H groups in total. The fraction of sp³-hybridized carbons (Fsp3) is 0.927. The first-order valence-electron chi connectivity index (χ1n) is 20.8. The van der Waals surface area contributed by atoms with E-state index in [0.717, 1.165) is 32.1 Å². The van der Waals surface area contributed by atoms with Crippen LogP contribution in [0.4, 0.5) is 0 Å². The molecule has 0 aromatic carbocycles. The maximum atomic E-state index is 12.7. The Balaban J connectivity index is 2.25. The van der Waals surface area contributed by atoms with E-state index >= 15 is 0 Å². The van der Waals surface area contributed by atoms with Gasteiger partial charge in [0.25, 0.3) is 0 Å². The van der Waals surface area contributed by atoms with Gasteiger partial charge in [-0.2, -0.15) is 0 Å². The number of allylic oxidation sites excluding steroid dienone is 2.